The summed E-state index contributed by atoms with van der Waals surface area (Å²) in [4.78, 5) is 0. The van der Waals surface area contributed by atoms with Crippen molar-refractivity contribution in [1.82, 2.24) is 0 Å². The number of fused-ring (bicyclic) bond motifs is 2. The van der Waals surface area contributed by atoms with Crippen molar-refractivity contribution >= 4 is 21.5 Å². The first-order chi connectivity index (χ1) is 25.8. The highest BCUT2D eigenvalue weighted by Gasteiger charge is 1.96. The number of aryl methyl sites for hydroxylation is 10. The molecule has 0 heterocycles. The molecule has 0 nitrogen and oxygen atoms in total. The molecule has 0 aliphatic heterocycles. The van der Waals surface area contributed by atoms with Gasteiger partial charge in [-0.15, -0.1) is 0 Å². The zero-order valence-corrected chi connectivity index (χ0v) is 34.2. The molecular weight excluding hydrogens is 661 g/mol. The van der Waals surface area contributed by atoms with Crippen LogP contribution in [0.15, 0.2) is 170 Å². The lowest BCUT2D eigenvalue weighted by Gasteiger charge is -2.02. The SMILES string of the molecule is C.Cc1ccc(-c2ccc(C)cc2)cc1.Cc1ccc(C)cc1.Cc1ccc2cc(C)ccc2c1.Cc1ccc2ccc(C)cc2c1.Cc1cccc(C)c1. The largest absolute Gasteiger partial charge is 0.0776 e. The smallest absolute Gasteiger partial charge is 0.0179 e. The van der Waals surface area contributed by atoms with Gasteiger partial charge in [0.05, 0.1) is 0 Å². The highest BCUT2D eigenvalue weighted by atomic mass is 14.0. The van der Waals surface area contributed by atoms with Gasteiger partial charge in [0.25, 0.3) is 0 Å². The third-order valence-electron chi connectivity index (χ3n) is 9.13. The van der Waals surface area contributed by atoms with Crippen LogP contribution in [-0.4, -0.2) is 0 Å². The number of hydrogen-bond acceptors (Lipinski definition) is 0. The van der Waals surface area contributed by atoms with Crippen LogP contribution < -0.4 is 0 Å². The molecule has 0 aliphatic rings. The minimum atomic E-state index is 0. The molecule has 0 fully saturated rings. The van der Waals surface area contributed by atoms with Crippen LogP contribution >= 0.6 is 0 Å². The summed E-state index contributed by atoms with van der Waals surface area (Å²) in [6.07, 6.45) is 0. The van der Waals surface area contributed by atoms with Crippen LogP contribution in [0.2, 0.25) is 0 Å². The highest BCUT2D eigenvalue weighted by Crippen LogP contribution is 2.20. The van der Waals surface area contributed by atoms with Crippen LogP contribution in [0.1, 0.15) is 63.1 Å². The van der Waals surface area contributed by atoms with Gasteiger partial charge in [-0.05, 0) is 102 Å². The first kappa shape index (κ1) is 43.7. The highest BCUT2D eigenvalue weighted by molar-refractivity contribution is 5.84. The van der Waals surface area contributed by atoms with Crippen LogP contribution in [-0.2, 0) is 0 Å². The Labute approximate surface area is 333 Å². The Morgan fingerprint density at radius 2 is 0.436 bits per heavy atom. The number of rotatable bonds is 1. The van der Waals surface area contributed by atoms with Crippen molar-refractivity contribution in [1.29, 1.82) is 0 Å². The first-order valence-electron chi connectivity index (χ1n) is 19.0. The molecule has 0 bridgehead atoms. The van der Waals surface area contributed by atoms with Crippen LogP contribution in [0.25, 0.3) is 32.7 Å². The average molecular weight is 723 g/mol. The predicted molar refractivity (Wildman–Crippen MR) is 247 cm³/mol. The van der Waals surface area contributed by atoms with Crippen LogP contribution in [0.5, 0.6) is 0 Å². The molecule has 0 atom stereocenters. The summed E-state index contributed by atoms with van der Waals surface area (Å²) in [5.41, 5.74) is 15.8. The lowest BCUT2D eigenvalue weighted by Crippen LogP contribution is -1.78. The van der Waals surface area contributed by atoms with E-state index >= 15 is 0 Å². The Morgan fingerprint density at radius 3 is 0.727 bits per heavy atom. The third kappa shape index (κ3) is 15.3. The van der Waals surface area contributed by atoms with Crippen LogP contribution in [0.3, 0.4) is 0 Å². The van der Waals surface area contributed by atoms with Crippen LogP contribution in [0.4, 0.5) is 0 Å². The molecule has 8 aromatic carbocycles. The van der Waals surface area contributed by atoms with Crippen molar-refractivity contribution in [3.8, 4) is 11.1 Å². The van der Waals surface area contributed by atoms with E-state index in [-0.39, 0.29) is 7.43 Å². The van der Waals surface area contributed by atoms with E-state index in [1.807, 2.05) is 0 Å². The second-order valence-corrected chi connectivity index (χ2v) is 14.8. The van der Waals surface area contributed by atoms with Crippen molar-refractivity contribution in [2.45, 2.75) is 76.7 Å². The summed E-state index contributed by atoms with van der Waals surface area (Å²) in [5.74, 6) is 0. The fourth-order valence-electron chi connectivity index (χ4n) is 5.91. The van der Waals surface area contributed by atoms with Gasteiger partial charge in [0.15, 0.2) is 0 Å². The maximum atomic E-state index is 2.22. The van der Waals surface area contributed by atoms with Crippen LogP contribution in [0, 0.1) is 69.2 Å². The summed E-state index contributed by atoms with van der Waals surface area (Å²) >= 11 is 0. The van der Waals surface area contributed by atoms with Crippen molar-refractivity contribution in [2.24, 2.45) is 0 Å². The van der Waals surface area contributed by atoms with E-state index in [4.69, 9.17) is 0 Å². The molecule has 0 amide bonds. The minimum Gasteiger partial charge on any atom is -0.0776 e. The molecule has 0 spiro atoms. The van der Waals surface area contributed by atoms with Gasteiger partial charge in [-0.3, -0.25) is 0 Å². The molecule has 8 rings (SSSR count). The zero-order chi connectivity index (χ0) is 39.0. The van der Waals surface area contributed by atoms with E-state index < -0.39 is 0 Å². The molecule has 0 radical (unpaired) electrons. The Balaban J connectivity index is 0.000000187. The topological polar surface area (TPSA) is 0 Å². The van der Waals surface area contributed by atoms with Gasteiger partial charge in [-0.2, -0.15) is 0 Å². The lowest BCUT2D eigenvalue weighted by atomic mass is 10.0. The van der Waals surface area contributed by atoms with Gasteiger partial charge < -0.3 is 0 Å². The van der Waals surface area contributed by atoms with Crippen molar-refractivity contribution < 1.29 is 0 Å². The third-order valence-corrected chi connectivity index (χ3v) is 9.13. The minimum absolute atomic E-state index is 0. The van der Waals surface area contributed by atoms with Gasteiger partial charge in [0.1, 0.15) is 0 Å². The van der Waals surface area contributed by atoms with Gasteiger partial charge in [0.2, 0.25) is 0 Å². The molecule has 0 aromatic heterocycles. The number of benzene rings is 8. The second-order valence-electron chi connectivity index (χ2n) is 14.8. The van der Waals surface area contributed by atoms with Gasteiger partial charge in [-0.1, -0.05) is 233 Å². The Hall–Kier alpha value is -5.72. The fraction of sp³-hybridized carbons (Fsp3) is 0.200. The average Bonchev–Trinajstić information content (AvgIpc) is 3.14. The summed E-state index contributed by atoms with van der Waals surface area (Å²) in [6, 6.07) is 60.4. The summed E-state index contributed by atoms with van der Waals surface area (Å²) < 4.78 is 0. The monoisotopic (exact) mass is 722 g/mol. The molecule has 55 heavy (non-hydrogen) atoms. The van der Waals surface area contributed by atoms with E-state index in [1.165, 1.54) is 88.3 Å². The molecule has 0 saturated carbocycles. The van der Waals surface area contributed by atoms with Crippen molar-refractivity contribution in [2.75, 3.05) is 0 Å². The zero-order valence-electron chi connectivity index (χ0n) is 34.2. The lowest BCUT2D eigenvalue weighted by molar-refractivity contribution is 1.39. The van der Waals surface area contributed by atoms with E-state index in [2.05, 4.69) is 239 Å². The molecule has 0 saturated heterocycles. The van der Waals surface area contributed by atoms with Crippen molar-refractivity contribution in [3.63, 3.8) is 0 Å². The molecule has 0 N–H and O–H groups in total. The Kier molecular flexibility index (Phi) is 17.4. The van der Waals surface area contributed by atoms with Gasteiger partial charge in [0, 0.05) is 0 Å². The van der Waals surface area contributed by atoms with E-state index in [1.54, 1.807) is 0 Å². The molecule has 0 heteroatoms. The van der Waals surface area contributed by atoms with Crippen molar-refractivity contribution in [3.05, 3.63) is 225 Å². The maximum absolute atomic E-state index is 2.22. The van der Waals surface area contributed by atoms with E-state index in [0.29, 0.717) is 0 Å². The Bertz CT molecular complexity index is 2180. The standard InChI is InChI=1S/C14H14.2C12H12.2C8H10.CH4/c1-11-3-7-13(8-4-11)14-9-5-12(2)6-10-14;1-9-3-5-12-8-10(2)4-6-11(12)7-9;1-9-3-5-11-6-4-10(2)8-12(11)7-9;1-7-3-5-8(2)6-4-7;1-7-4-3-5-8(2)6-7;/h3-10H,1-2H3;2*3-8H,1-2H3;2*3-6H,1-2H3;1H4. The fourth-order valence-corrected chi connectivity index (χ4v) is 5.91. The maximum Gasteiger partial charge on any atom is -0.0179 e. The molecule has 0 aliphatic carbocycles. The number of hydrogen-bond donors (Lipinski definition) is 0. The van der Waals surface area contributed by atoms with Gasteiger partial charge in [-0.25, -0.2) is 0 Å². The predicted octanol–water partition coefficient (Wildman–Crippen LogP) is 16.1. The Morgan fingerprint density at radius 1 is 0.200 bits per heavy atom. The molecule has 282 valence electrons. The quantitative estimate of drug-likeness (QED) is 0.158. The van der Waals surface area contributed by atoms with E-state index in [0.717, 1.165) is 0 Å². The van der Waals surface area contributed by atoms with E-state index in [9.17, 15) is 0 Å². The normalized spacial score (nSPS) is 9.85. The summed E-state index contributed by atoms with van der Waals surface area (Å²) in [5, 5.41) is 5.34. The molecule has 8 aromatic rings. The molecular formula is C55H62. The second kappa shape index (κ2) is 21.9. The summed E-state index contributed by atoms with van der Waals surface area (Å²) in [7, 11) is 0. The van der Waals surface area contributed by atoms with Gasteiger partial charge >= 0.3 is 0 Å². The summed E-state index contributed by atoms with van der Waals surface area (Å²) in [6.45, 7) is 21.1. The molecule has 0 unspecified atom stereocenters. The first-order valence-corrected chi connectivity index (χ1v) is 19.0.